The molecular weight excluding hydrogens is 220 g/mol. The highest BCUT2D eigenvalue weighted by molar-refractivity contribution is 5.18. The third-order valence-electron chi connectivity index (χ3n) is 5.29. The smallest absolute Gasteiger partial charge is 0.199 e. The van der Waals surface area contributed by atoms with Crippen molar-refractivity contribution in [3.8, 4) is 0 Å². The number of ether oxygens (including phenoxy) is 1. The summed E-state index contributed by atoms with van der Waals surface area (Å²) >= 11 is 0. The molecule has 0 unspecified atom stereocenters. The van der Waals surface area contributed by atoms with Gasteiger partial charge in [0.25, 0.3) is 0 Å². The highest BCUT2D eigenvalue weighted by Crippen LogP contribution is 2.62. The SMILES string of the molecule is CC1(C)CC[C@@H](O)[C@]2(C)O[C@@]3(C)CC[C@@]12OO3. The Bertz CT molecular complexity index is 343. The maximum atomic E-state index is 10.4. The van der Waals surface area contributed by atoms with Gasteiger partial charge in [-0.2, -0.15) is 0 Å². The molecule has 1 aliphatic carbocycles. The van der Waals surface area contributed by atoms with Crippen LogP contribution in [0.2, 0.25) is 0 Å². The maximum Gasteiger partial charge on any atom is 0.199 e. The quantitative estimate of drug-likeness (QED) is 0.661. The van der Waals surface area contributed by atoms with Crippen LogP contribution in [-0.4, -0.2) is 28.2 Å². The zero-order valence-electron chi connectivity index (χ0n) is 11.1. The third-order valence-corrected chi connectivity index (χ3v) is 5.29. The molecule has 0 amide bonds. The predicted molar refractivity (Wildman–Crippen MR) is 61.1 cm³/mol. The maximum absolute atomic E-state index is 10.4. The third kappa shape index (κ3) is 1.22. The fraction of sp³-hybridized carbons (Fsp3) is 1.00. The molecule has 4 fully saturated rings. The van der Waals surface area contributed by atoms with Gasteiger partial charge in [-0.15, -0.1) is 0 Å². The fourth-order valence-corrected chi connectivity index (χ4v) is 4.01. The largest absolute Gasteiger partial charge is 0.390 e. The second kappa shape index (κ2) is 3.05. The summed E-state index contributed by atoms with van der Waals surface area (Å²) in [5.74, 6) is -0.703. The van der Waals surface area contributed by atoms with Gasteiger partial charge < -0.3 is 9.84 Å². The van der Waals surface area contributed by atoms with Crippen LogP contribution in [0.4, 0.5) is 0 Å². The zero-order valence-corrected chi connectivity index (χ0v) is 11.1. The first-order valence-corrected chi connectivity index (χ1v) is 6.50. The second-order valence-corrected chi connectivity index (χ2v) is 6.77. The standard InChI is InChI=1S/C13H22O4/c1-10(2)6-5-9(14)12(4)13(10)8-7-11(3,15-12)16-17-13/h9,14H,5-8H2,1-4H3/t9-,11-,12+,13-/m1/s1. The molecule has 4 nitrogen and oxygen atoms in total. The van der Waals surface area contributed by atoms with Gasteiger partial charge in [-0.1, -0.05) is 13.8 Å². The molecule has 0 aromatic rings. The molecule has 1 spiro atoms. The first kappa shape index (κ1) is 11.9. The van der Waals surface area contributed by atoms with Gasteiger partial charge in [0.05, 0.1) is 6.10 Å². The summed E-state index contributed by atoms with van der Waals surface area (Å²) in [6, 6.07) is 0. The molecule has 17 heavy (non-hydrogen) atoms. The van der Waals surface area contributed by atoms with Crippen LogP contribution in [0.5, 0.6) is 0 Å². The van der Waals surface area contributed by atoms with Crippen molar-refractivity contribution in [2.45, 2.75) is 76.5 Å². The van der Waals surface area contributed by atoms with Crippen molar-refractivity contribution in [1.82, 2.24) is 0 Å². The van der Waals surface area contributed by atoms with E-state index < -0.39 is 23.1 Å². The highest BCUT2D eigenvalue weighted by atomic mass is 17.3. The molecule has 3 heterocycles. The molecule has 0 aromatic heterocycles. The van der Waals surface area contributed by atoms with Gasteiger partial charge in [0.2, 0.25) is 0 Å². The van der Waals surface area contributed by atoms with Gasteiger partial charge in [-0.25, -0.2) is 9.78 Å². The Morgan fingerprint density at radius 2 is 1.71 bits per heavy atom. The van der Waals surface area contributed by atoms with Crippen LogP contribution in [0.3, 0.4) is 0 Å². The van der Waals surface area contributed by atoms with E-state index in [1.165, 1.54) is 0 Å². The number of aliphatic hydroxyl groups excluding tert-OH is 1. The minimum Gasteiger partial charge on any atom is -0.390 e. The number of hydrogen-bond acceptors (Lipinski definition) is 4. The lowest BCUT2D eigenvalue weighted by Crippen LogP contribution is -2.78. The summed E-state index contributed by atoms with van der Waals surface area (Å²) in [6.07, 6.45) is 2.89. The Balaban J connectivity index is 2.11. The molecule has 4 heteroatoms. The van der Waals surface area contributed by atoms with E-state index in [-0.39, 0.29) is 5.41 Å². The predicted octanol–water partition coefficient (Wildman–Crippen LogP) is 2.15. The monoisotopic (exact) mass is 242 g/mol. The van der Waals surface area contributed by atoms with Crippen LogP contribution in [0.1, 0.15) is 53.4 Å². The first-order chi connectivity index (χ1) is 7.75. The van der Waals surface area contributed by atoms with Crippen molar-refractivity contribution in [2.24, 2.45) is 5.41 Å². The molecule has 0 radical (unpaired) electrons. The van der Waals surface area contributed by atoms with E-state index in [1.807, 2.05) is 13.8 Å². The van der Waals surface area contributed by atoms with E-state index >= 15 is 0 Å². The molecule has 98 valence electrons. The summed E-state index contributed by atoms with van der Waals surface area (Å²) in [6.45, 7) is 8.21. The number of hydrogen-bond donors (Lipinski definition) is 1. The summed E-state index contributed by atoms with van der Waals surface area (Å²) in [7, 11) is 0. The van der Waals surface area contributed by atoms with E-state index in [1.54, 1.807) is 0 Å². The molecular formula is C13H22O4. The molecule has 2 bridgehead atoms. The minimum absolute atomic E-state index is 0.0528. The first-order valence-electron chi connectivity index (χ1n) is 6.50. The van der Waals surface area contributed by atoms with E-state index in [9.17, 15) is 5.11 Å². The molecule has 4 rings (SSSR count). The molecule has 4 aliphatic rings. The summed E-state index contributed by atoms with van der Waals surface area (Å²) < 4.78 is 6.11. The average Bonchev–Trinajstić information content (AvgIpc) is 2.24. The topological polar surface area (TPSA) is 47.9 Å². The minimum atomic E-state index is -0.703. The Morgan fingerprint density at radius 3 is 2.29 bits per heavy atom. The number of fused-ring (bicyclic) bond motifs is 2. The Kier molecular flexibility index (Phi) is 2.13. The van der Waals surface area contributed by atoms with E-state index in [0.29, 0.717) is 0 Å². The number of rotatable bonds is 0. The Labute approximate surface area is 102 Å². The lowest BCUT2D eigenvalue weighted by Gasteiger charge is -2.67. The van der Waals surface area contributed by atoms with Crippen molar-refractivity contribution in [1.29, 1.82) is 0 Å². The van der Waals surface area contributed by atoms with E-state index in [4.69, 9.17) is 14.5 Å². The van der Waals surface area contributed by atoms with Gasteiger partial charge >= 0.3 is 0 Å². The van der Waals surface area contributed by atoms with Gasteiger partial charge in [-0.05, 0) is 33.1 Å². The lowest BCUT2D eigenvalue weighted by molar-refractivity contribution is -0.593. The van der Waals surface area contributed by atoms with Crippen LogP contribution in [-0.2, 0) is 14.5 Å². The van der Waals surface area contributed by atoms with Crippen LogP contribution in [0.15, 0.2) is 0 Å². The van der Waals surface area contributed by atoms with Gasteiger partial charge in [0.15, 0.2) is 5.79 Å². The highest BCUT2D eigenvalue weighted by Gasteiger charge is 2.73. The normalized spacial score (nSPS) is 56.6. The Hall–Kier alpha value is -0.160. The van der Waals surface area contributed by atoms with Gasteiger partial charge in [0.1, 0.15) is 11.2 Å². The van der Waals surface area contributed by atoms with E-state index in [0.717, 1.165) is 25.7 Å². The molecule has 4 atom stereocenters. The summed E-state index contributed by atoms with van der Waals surface area (Å²) in [5, 5.41) is 10.4. The second-order valence-electron chi connectivity index (χ2n) is 6.77. The van der Waals surface area contributed by atoms with Crippen molar-refractivity contribution in [3.63, 3.8) is 0 Å². The molecule has 0 aromatic carbocycles. The van der Waals surface area contributed by atoms with Crippen LogP contribution < -0.4 is 0 Å². The van der Waals surface area contributed by atoms with Crippen LogP contribution >= 0.6 is 0 Å². The van der Waals surface area contributed by atoms with Gasteiger partial charge in [-0.3, -0.25) is 0 Å². The van der Waals surface area contributed by atoms with Crippen molar-refractivity contribution in [2.75, 3.05) is 0 Å². The average molecular weight is 242 g/mol. The molecule has 3 aliphatic heterocycles. The van der Waals surface area contributed by atoms with E-state index in [2.05, 4.69) is 13.8 Å². The lowest BCUT2D eigenvalue weighted by atomic mass is 9.54. The molecule has 3 saturated heterocycles. The summed E-state index contributed by atoms with van der Waals surface area (Å²) in [4.78, 5) is 11.2. The Morgan fingerprint density at radius 1 is 1.00 bits per heavy atom. The molecule has 1 saturated carbocycles. The van der Waals surface area contributed by atoms with Gasteiger partial charge in [0, 0.05) is 11.8 Å². The van der Waals surface area contributed by atoms with Crippen LogP contribution in [0.25, 0.3) is 0 Å². The van der Waals surface area contributed by atoms with Crippen molar-refractivity contribution in [3.05, 3.63) is 0 Å². The number of aliphatic hydroxyl groups is 1. The summed E-state index contributed by atoms with van der Waals surface area (Å²) in [5.41, 5.74) is -1.25. The molecule has 1 N–H and O–H groups in total. The fourth-order valence-electron chi connectivity index (χ4n) is 4.01. The zero-order chi connectivity index (χ0) is 12.5. The van der Waals surface area contributed by atoms with Crippen molar-refractivity contribution >= 4 is 0 Å². The van der Waals surface area contributed by atoms with Crippen LogP contribution in [0, 0.1) is 5.41 Å². The van der Waals surface area contributed by atoms with Crippen molar-refractivity contribution < 1.29 is 19.6 Å².